The van der Waals surface area contributed by atoms with E-state index >= 15 is 0 Å². The van der Waals surface area contributed by atoms with Gasteiger partial charge in [0.05, 0.1) is 12.9 Å². The van der Waals surface area contributed by atoms with Crippen molar-refractivity contribution in [2.24, 2.45) is 4.99 Å². The third-order valence-corrected chi connectivity index (χ3v) is 3.56. The molecule has 2 radical (unpaired) electrons. The standard InChI is InChI=1S/C15H30N2.2Na/c1-2-3-4-5-6-7-8-9-10-11-13-17-14-12-16-15-17;;/h15H,2-14H2,1H3;;. The maximum absolute atomic E-state index is 4.23. The molecular weight excluding hydrogens is 254 g/mol. The zero-order valence-electron chi connectivity index (χ0n) is 13.7. The third kappa shape index (κ3) is 14.2. The summed E-state index contributed by atoms with van der Waals surface area (Å²) in [6, 6.07) is 0. The van der Waals surface area contributed by atoms with E-state index in [0.717, 1.165) is 13.1 Å². The quantitative estimate of drug-likeness (QED) is 0.419. The smallest absolute Gasteiger partial charge is 0.0851 e. The summed E-state index contributed by atoms with van der Waals surface area (Å²) < 4.78 is 0. The molecule has 0 saturated carbocycles. The van der Waals surface area contributed by atoms with Gasteiger partial charge in [0.1, 0.15) is 0 Å². The molecule has 0 spiro atoms. The van der Waals surface area contributed by atoms with Crippen LogP contribution in [0.2, 0.25) is 0 Å². The van der Waals surface area contributed by atoms with Crippen molar-refractivity contribution in [3.8, 4) is 0 Å². The van der Waals surface area contributed by atoms with Crippen LogP contribution in [0, 0.1) is 0 Å². The maximum atomic E-state index is 4.23. The zero-order chi connectivity index (χ0) is 12.2. The summed E-state index contributed by atoms with van der Waals surface area (Å²) in [5.74, 6) is 0. The molecule has 0 saturated heterocycles. The van der Waals surface area contributed by atoms with E-state index in [0.29, 0.717) is 0 Å². The van der Waals surface area contributed by atoms with Crippen LogP contribution in [0.4, 0.5) is 0 Å². The van der Waals surface area contributed by atoms with E-state index in [4.69, 9.17) is 0 Å². The molecule has 1 aliphatic heterocycles. The fourth-order valence-electron chi connectivity index (χ4n) is 2.39. The van der Waals surface area contributed by atoms with Gasteiger partial charge in [-0.15, -0.1) is 0 Å². The first-order valence-corrected chi connectivity index (χ1v) is 7.67. The van der Waals surface area contributed by atoms with E-state index in [1.165, 1.54) is 70.8 Å². The van der Waals surface area contributed by atoms with Crippen LogP contribution < -0.4 is 0 Å². The summed E-state index contributed by atoms with van der Waals surface area (Å²) in [6.07, 6.45) is 16.3. The van der Waals surface area contributed by atoms with Crippen molar-refractivity contribution in [2.45, 2.75) is 71.1 Å². The molecule has 0 aromatic carbocycles. The van der Waals surface area contributed by atoms with E-state index in [-0.39, 0.29) is 59.1 Å². The number of rotatable bonds is 11. The summed E-state index contributed by atoms with van der Waals surface area (Å²) in [5, 5.41) is 0. The van der Waals surface area contributed by atoms with Gasteiger partial charge in [-0.3, -0.25) is 4.99 Å². The molecule has 19 heavy (non-hydrogen) atoms. The average Bonchev–Trinajstić information content (AvgIpc) is 2.85. The Labute approximate surface area is 164 Å². The Morgan fingerprint density at radius 3 is 1.84 bits per heavy atom. The minimum atomic E-state index is 0. The first kappa shape index (κ1) is 22.7. The Balaban J connectivity index is 0. The summed E-state index contributed by atoms with van der Waals surface area (Å²) in [5.41, 5.74) is 0. The molecule has 0 aromatic rings. The van der Waals surface area contributed by atoms with E-state index in [9.17, 15) is 0 Å². The van der Waals surface area contributed by atoms with Crippen molar-refractivity contribution in [1.82, 2.24) is 4.90 Å². The number of nitrogens with zero attached hydrogens (tertiary/aromatic N) is 2. The monoisotopic (exact) mass is 284 g/mol. The van der Waals surface area contributed by atoms with Crippen LogP contribution in [0.25, 0.3) is 0 Å². The molecule has 2 nitrogen and oxygen atoms in total. The molecule has 1 rings (SSSR count). The van der Waals surface area contributed by atoms with Gasteiger partial charge in [-0.05, 0) is 6.42 Å². The van der Waals surface area contributed by atoms with Crippen molar-refractivity contribution in [3.63, 3.8) is 0 Å². The van der Waals surface area contributed by atoms with Crippen molar-refractivity contribution < 1.29 is 0 Å². The van der Waals surface area contributed by atoms with Crippen LogP contribution in [0.15, 0.2) is 4.99 Å². The molecule has 0 aromatic heterocycles. The van der Waals surface area contributed by atoms with Gasteiger partial charge >= 0.3 is 0 Å². The molecule has 0 N–H and O–H groups in total. The Kier molecular flexibility index (Phi) is 21.0. The topological polar surface area (TPSA) is 15.6 Å². The van der Waals surface area contributed by atoms with Crippen LogP contribution >= 0.6 is 0 Å². The molecule has 0 amide bonds. The summed E-state index contributed by atoms with van der Waals surface area (Å²) in [7, 11) is 0. The van der Waals surface area contributed by atoms with Gasteiger partial charge in [0.25, 0.3) is 0 Å². The zero-order valence-corrected chi connectivity index (χ0v) is 17.7. The van der Waals surface area contributed by atoms with Gasteiger partial charge < -0.3 is 4.90 Å². The first-order chi connectivity index (χ1) is 8.43. The predicted molar refractivity (Wildman–Crippen MR) is 88.3 cm³/mol. The fraction of sp³-hybridized carbons (Fsp3) is 0.933. The van der Waals surface area contributed by atoms with Gasteiger partial charge in [0.2, 0.25) is 0 Å². The molecular formula is C15H30N2Na2. The molecule has 1 aliphatic rings. The molecule has 0 bridgehead atoms. The van der Waals surface area contributed by atoms with Crippen molar-refractivity contribution in [1.29, 1.82) is 0 Å². The van der Waals surface area contributed by atoms with E-state index in [1.807, 2.05) is 6.34 Å². The molecule has 0 fully saturated rings. The SMILES string of the molecule is CCCCCCCCCCCCN1C=NCC1.[Na].[Na]. The third-order valence-electron chi connectivity index (χ3n) is 3.56. The van der Waals surface area contributed by atoms with E-state index < -0.39 is 0 Å². The van der Waals surface area contributed by atoms with Crippen molar-refractivity contribution in [2.75, 3.05) is 19.6 Å². The maximum Gasteiger partial charge on any atom is 0.0851 e. The van der Waals surface area contributed by atoms with Crippen LogP contribution in [-0.2, 0) is 0 Å². The first-order valence-electron chi connectivity index (χ1n) is 7.67. The molecule has 4 heteroatoms. The van der Waals surface area contributed by atoms with Gasteiger partial charge in [-0.1, -0.05) is 64.7 Å². The second-order valence-corrected chi connectivity index (χ2v) is 5.24. The summed E-state index contributed by atoms with van der Waals surface area (Å²) in [4.78, 5) is 6.58. The number of hydrogen-bond donors (Lipinski definition) is 0. The molecule has 0 atom stereocenters. The second-order valence-electron chi connectivity index (χ2n) is 5.24. The van der Waals surface area contributed by atoms with Crippen LogP contribution in [0.1, 0.15) is 71.1 Å². The Hall–Kier alpha value is 1.47. The Morgan fingerprint density at radius 2 is 1.37 bits per heavy atom. The van der Waals surface area contributed by atoms with Gasteiger partial charge in [-0.2, -0.15) is 0 Å². The Morgan fingerprint density at radius 1 is 0.842 bits per heavy atom. The predicted octanol–water partition coefficient (Wildman–Crippen LogP) is 3.49. The van der Waals surface area contributed by atoms with Crippen LogP contribution in [0.3, 0.4) is 0 Å². The molecule has 0 aliphatic carbocycles. The van der Waals surface area contributed by atoms with Crippen LogP contribution in [-0.4, -0.2) is 90.0 Å². The fourth-order valence-corrected chi connectivity index (χ4v) is 2.39. The van der Waals surface area contributed by atoms with Crippen molar-refractivity contribution >= 4 is 65.5 Å². The Bertz CT molecular complexity index is 199. The molecule has 1 heterocycles. The number of unbranched alkanes of at least 4 members (excludes halogenated alkanes) is 9. The normalized spacial score (nSPS) is 13.2. The number of aliphatic imine (C=N–C) groups is 1. The number of hydrogen-bond acceptors (Lipinski definition) is 2. The summed E-state index contributed by atoms with van der Waals surface area (Å²) in [6.45, 7) is 5.67. The van der Waals surface area contributed by atoms with Gasteiger partial charge in [-0.25, -0.2) is 0 Å². The van der Waals surface area contributed by atoms with E-state index in [1.54, 1.807) is 0 Å². The largest absolute Gasteiger partial charge is 0.361 e. The van der Waals surface area contributed by atoms with Crippen molar-refractivity contribution in [3.05, 3.63) is 0 Å². The average molecular weight is 284 g/mol. The van der Waals surface area contributed by atoms with Crippen LogP contribution in [0.5, 0.6) is 0 Å². The molecule has 0 unspecified atom stereocenters. The van der Waals surface area contributed by atoms with E-state index in [2.05, 4.69) is 16.8 Å². The van der Waals surface area contributed by atoms with Gasteiger partial charge in [0.15, 0.2) is 0 Å². The molecule has 102 valence electrons. The minimum Gasteiger partial charge on any atom is -0.361 e. The summed E-state index contributed by atoms with van der Waals surface area (Å²) >= 11 is 0. The second kappa shape index (κ2) is 17.5. The minimum absolute atomic E-state index is 0. The van der Waals surface area contributed by atoms with Gasteiger partial charge in [0, 0.05) is 72.2 Å².